The van der Waals surface area contributed by atoms with Gasteiger partial charge in [0.25, 0.3) is 5.79 Å². The summed E-state index contributed by atoms with van der Waals surface area (Å²) in [5, 5.41) is 135. The second-order valence-corrected chi connectivity index (χ2v) is 21.5. The van der Waals surface area contributed by atoms with Crippen molar-refractivity contribution in [3.8, 4) is 0 Å². The number of rotatable bonds is 41. The first-order valence-corrected chi connectivity index (χ1v) is 29.1. The van der Waals surface area contributed by atoms with Crippen LogP contribution in [-0.4, -0.2) is 215 Å². The first kappa shape index (κ1) is 69.7. The van der Waals surface area contributed by atoms with E-state index >= 15 is 0 Å². The number of carboxylic acids is 1. The molecule has 18 unspecified atom stereocenters. The lowest BCUT2D eigenvalue weighted by molar-refractivity contribution is -0.386. The monoisotopic (exact) mass is 1120 g/mol. The lowest BCUT2D eigenvalue weighted by atomic mass is 9.88. The Morgan fingerprint density at radius 3 is 1.71 bits per heavy atom. The van der Waals surface area contributed by atoms with Gasteiger partial charge in [0.1, 0.15) is 67.1 Å². The van der Waals surface area contributed by atoms with Gasteiger partial charge in [0.2, 0.25) is 11.8 Å². The molecule has 3 aliphatic rings. The molecule has 0 aromatic carbocycles. The predicted octanol–water partition coefficient (Wildman–Crippen LogP) is 1.61. The normalized spacial score (nSPS) is 31.2. The van der Waals surface area contributed by atoms with E-state index in [0.29, 0.717) is 12.8 Å². The quantitative estimate of drug-likeness (QED) is 0.0305. The van der Waals surface area contributed by atoms with Crippen molar-refractivity contribution in [2.24, 2.45) is 0 Å². The fourth-order valence-electron chi connectivity index (χ4n) is 10.2. The molecule has 78 heavy (non-hydrogen) atoms. The molecule has 3 rings (SSSR count). The zero-order valence-corrected chi connectivity index (χ0v) is 46.5. The second kappa shape index (κ2) is 38.3. The average Bonchev–Trinajstić information content (AvgIpc) is 3.51. The van der Waals surface area contributed by atoms with Gasteiger partial charge < -0.3 is 100 Å². The molecule has 3 saturated heterocycles. The molecule has 18 atom stereocenters. The van der Waals surface area contributed by atoms with Crippen LogP contribution >= 0.6 is 0 Å². The van der Waals surface area contributed by atoms with Gasteiger partial charge in [-0.2, -0.15) is 0 Å². The number of aliphatic hydroxyl groups excluding tert-OH is 11. The van der Waals surface area contributed by atoms with E-state index in [-0.39, 0.29) is 12.3 Å². The van der Waals surface area contributed by atoms with Crippen LogP contribution in [0.2, 0.25) is 0 Å². The number of unbranched alkanes of at least 4 members (excludes halogenated alkanes) is 21. The molecule has 2 amide bonds. The number of carbonyl (C=O) groups is 3. The van der Waals surface area contributed by atoms with Gasteiger partial charge in [0.05, 0.1) is 50.7 Å². The topological polar surface area (TPSA) is 373 Å². The minimum atomic E-state index is -3.08. The maximum absolute atomic E-state index is 13.3. The van der Waals surface area contributed by atoms with Crippen LogP contribution in [-0.2, 0) is 42.8 Å². The van der Waals surface area contributed by atoms with Gasteiger partial charge in [-0.25, -0.2) is 4.79 Å². The molecule has 0 saturated carbocycles. The summed E-state index contributed by atoms with van der Waals surface area (Å²) in [6.45, 7) is 2.05. The van der Waals surface area contributed by atoms with E-state index in [4.69, 9.17) is 28.4 Å². The number of aliphatic carboxylic acids is 1. The van der Waals surface area contributed by atoms with Gasteiger partial charge in [-0.15, -0.1) is 0 Å². The fourth-order valence-corrected chi connectivity index (χ4v) is 10.2. The van der Waals surface area contributed by atoms with Gasteiger partial charge in [0.15, 0.2) is 12.6 Å². The van der Waals surface area contributed by atoms with Gasteiger partial charge in [0, 0.05) is 19.8 Å². The Morgan fingerprint density at radius 1 is 0.667 bits per heavy atom. The summed E-state index contributed by atoms with van der Waals surface area (Å²) < 4.78 is 34.6. The van der Waals surface area contributed by atoms with Gasteiger partial charge in [-0.1, -0.05) is 154 Å². The molecule has 0 bridgehead atoms. The van der Waals surface area contributed by atoms with Crippen molar-refractivity contribution in [1.82, 2.24) is 10.6 Å². The molecule has 23 heteroatoms. The number of hydrogen-bond donors (Lipinski definition) is 14. The highest BCUT2D eigenvalue weighted by molar-refractivity contribution is 5.77. The van der Waals surface area contributed by atoms with Crippen LogP contribution in [0.4, 0.5) is 0 Å². The van der Waals surface area contributed by atoms with Crippen molar-refractivity contribution < 1.29 is 104 Å². The molecule has 23 nitrogen and oxygen atoms in total. The number of hydrogen-bond acceptors (Lipinski definition) is 20. The van der Waals surface area contributed by atoms with Crippen LogP contribution < -0.4 is 10.6 Å². The lowest BCUT2D eigenvalue weighted by Crippen LogP contribution is -2.70. The van der Waals surface area contributed by atoms with E-state index in [2.05, 4.69) is 24.5 Å². The number of ether oxygens (including phenoxy) is 6. The molecule has 456 valence electrons. The second-order valence-electron chi connectivity index (χ2n) is 21.5. The highest BCUT2D eigenvalue weighted by atomic mass is 16.8. The van der Waals surface area contributed by atoms with Crippen LogP contribution in [0.15, 0.2) is 12.2 Å². The summed E-state index contributed by atoms with van der Waals surface area (Å²) >= 11 is 0. The minimum Gasteiger partial charge on any atom is -0.477 e. The third kappa shape index (κ3) is 23.0. The third-order valence-corrected chi connectivity index (χ3v) is 15.0. The fraction of sp³-hybridized carbons (Fsp3) is 0.909. The van der Waals surface area contributed by atoms with Gasteiger partial charge in [-0.05, 0) is 19.3 Å². The standard InChI is InChI=1S/C55H100N2O21/c1-4-6-8-10-12-14-15-16-17-18-19-21-23-25-27-29-42(65)57-36(37(62)28-26-24-22-20-13-11-9-7-5-2)34-73-52-47(69)46(68)49(41(33-60)75-52)76-53-48(70)51(45(67)40(32-59)74-53)78-55(54(71)72)30-38(63)43(56-35(3)61)50(77-55)44(66)39(64)31-58/h26,28,36-41,43-53,58-60,62-64,66-70H,4-25,27,29-34H2,1-3H3,(H,56,61)(H,57,65)(H,71,72)/b28-26+. The average molecular weight is 1130 g/mol. The highest BCUT2D eigenvalue weighted by Crippen LogP contribution is 2.38. The molecular weight excluding hydrogens is 1020 g/mol. The van der Waals surface area contributed by atoms with E-state index in [1.165, 1.54) is 77.0 Å². The number of allylic oxidation sites excluding steroid dienone is 1. The summed E-state index contributed by atoms with van der Waals surface area (Å²) in [4.78, 5) is 38.3. The molecule has 3 fully saturated rings. The Balaban J connectivity index is 1.68. The van der Waals surface area contributed by atoms with Gasteiger partial charge >= 0.3 is 5.97 Å². The molecule has 0 aliphatic carbocycles. The van der Waals surface area contributed by atoms with Crippen molar-refractivity contribution in [3.63, 3.8) is 0 Å². The Kier molecular flexibility index (Phi) is 34.2. The summed E-state index contributed by atoms with van der Waals surface area (Å²) in [6, 6.07) is -2.61. The number of carbonyl (C=O) groups excluding carboxylic acids is 2. The van der Waals surface area contributed by atoms with Crippen molar-refractivity contribution in [1.29, 1.82) is 0 Å². The summed E-state index contributed by atoms with van der Waals surface area (Å²) in [7, 11) is 0. The van der Waals surface area contributed by atoms with E-state index in [0.717, 1.165) is 64.7 Å². The van der Waals surface area contributed by atoms with Crippen molar-refractivity contribution >= 4 is 17.8 Å². The van der Waals surface area contributed by atoms with E-state index in [1.54, 1.807) is 6.08 Å². The Bertz CT molecular complexity index is 1670. The smallest absolute Gasteiger partial charge is 0.364 e. The van der Waals surface area contributed by atoms with Crippen molar-refractivity contribution in [3.05, 3.63) is 12.2 Å². The molecular formula is C55H100N2O21. The molecule has 0 spiro atoms. The SMILES string of the molecule is CCCCCCCCC/C=C/C(O)C(COC1OC(CO)C(OC2OC(CO)C(O)C(OC3(C(=O)O)CC(O)C(NC(C)=O)C(C(O)C(O)CO)O3)C2O)C(O)C1O)NC(=O)CCCCCCCCCCCCCCCCC. The zero-order valence-electron chi connectivity index (χ0n) is 46.5. The van der Waals surface area contributed by atoms with Crippen LogP contribution in [0, 0.1) is 0 Å². The molecule has 3 aliphatic heterocycles. The summed E-state index contributed by atoms with van der Waals surface area (Å²) in [6.07, 6.45) is 0.259. The maximum atomic E-state index is 13.3. The number of aliphatic hydroxyl groups is 11. The number of carboxylic acid groups (broad SMARTS) is 1. The predicted molar refractivity (Wildman–Crippen MR) is 283 cm³/mol. The maximum Gasteiger partial charge on any atom is 0.364 e. The minimum absolute atomic E-state index is 0.203. The summed E-state index contributed by atoms with van der Waals surface area (Å²) in [5.74, 6) is -6.14. The Morgan fingerprint density at radius 2 is 1.19 bits per heavy atom. The van der Waals surface area contributed by atoms with Crippen LogP contribution in [0.25, 0.3) is 0 Å². The van der Waals surface area contributed by atoms with Gasteiger partial charge in [-0.3, -0.25) is 9.59 Å². The zero-order chi connectivity index (χ0) is 57.6. The van der Waals surface area contributed by atoms with Crippen molar-refractivity contribution in [2.45, 2.75) is 291 Å². The largest absolute Gasteiger partial charge is 0.477 e. The van der Waals surface area contributed by atoms with E-state index in [1.807, 2.05) is 6.08 Å². The first-order chi connectivity index (χ1) is 37.4. The van der Waals surface area contributed by atoms with Crippen LogP contribution in [0.5, 0.6) is 0 Å². The Hall–Kier alpha value is -2.53. The van der Waals surface area contributed by atoms with E-state index in [9.17, 15) is 75.7 Å². The molecule has 14 N–H and O–H groups in total. The molecule has 0 radical (unpaired) electrons. The van der Waals surface area contributed by atoms with Crippen LogP contribution in [0.3, 0.4) is 0 Å². The lowest BCUT2D eigenvalue weighted by Gasteiger charge is -2.50. The number of amides is 2. The molecule has 0 aromatic rings. The molecule has 3 heterocycles. The third-order valence-electron chi connectivity index (χ3n) is 15.0. The Labute approximate surface area is 461 Å². The van der Waals surface area contributed by atoms with Crippen molar-refractivity contribution in [2.75, 3.05) is 26.4 Å². The van der Waals surface area contributed by atoms with Crippen LogP contribution in [0.1, 0.15) is 181 Å². The number of nitrogens with one attached hydrogen (secondary N) is 2. The highest BCUT2D eigenvalue weighted by Gasteiger charge is 2.60. The summed E-state index contributed by atoms with van der Waals surface area (Å²) in [5.41, 5.74) is 0. The van der Waals surface area contributed by atoms with E-state index < -0.39 is 155 Å². The molecule has 0 aromatic heterocycles. The first-order valence-electron chi connectivity index (χ1n) is 29.1.